The molecule has 2 N–H and O–H groups in total. The second-order valence-electron chi connectivity index (χ2n) is 2.70. The van der Waals surface area contributed by atoms with Gasteiger partial charge in [0.05, 0.1) is 5.84 Å². The van der Waals surface area contributed by atoms with Crippen molar-refractivity contribution >= 4 is 5.84 Å². The van der Waals surface area contributed by atoms with Crippen LogP contribution >= 0.6 is 0 Å². The first-order chi connectivity index (χ1) is 4.70. The van der Waals surface area contributed by atoms with E-state index in [0.29, 0.717) is 5.92 Å². The Balaban J connectivity index is 3.50. The van der Waals surface area contributed by atoms with Crippen LogP contribution in [0, 0.1) is 5.92 Å². The summed E-state index contributed by atoms with van der Waals surface area (Å²) in [6, 6.07) is 0. The van der Waals surface area contributed by atoms with E-state index in [1.807, 2.05) is 6.92 Å². The third kappa shape index (κ3) is 4.36. The summed E-state index contributed by atoms with van der Waals surface area (Å²) in [7, 11) is 0. The second kappa shape index (κ2) is 5.27. The van der Waals surface area contributed by atoms with Gasteiger partial charge in [0.2, 0.25) is 0 Å². The number of hydrogen-bond acceptors (Lipinski definition) is 1. The van der Waals surface area contributed by atoms with Crippen molar-refractivity contribution < 1.29 is 0 Å². The standard InChI is InChI=1S/C8H18N2/c1-4-7(3)6-10-8(9)5-2/h7H,4-6H2,1-3H3,(H2,9,10). The van der Waals surface area contributed by atoms with Crippen molar-refractivity contribution in [3.8, 4) is 0 Å². The lowest BCUT2D eigenvalue weighted by Gasteiger charge is -2.03. The highest BCUT2D eigenvalue weighted by Crippen LogP contribution is 1.99. The van der Waals surface area contributed by atoms with Crippen molar-refractivity contribution in [3.05, 3.63) is 0 Å². The van der Waals surface area contributed by atoms with Gasteiger partial charge in [-0.05, 0) is 5.92 Å². The molecule has 2 heteroatoms. The number of nitrogens with zero attached hydrogens (tertiary/aromatic N) is 1. The first-order valence-electron chi connectivity index (χ1n) is 3.99. The van der Waals surface area contributed by atoms with Crippen molar-refractivity contribution in [2.24, 2.45) is 16.6 Å². The van der Waals surface area contributed by atoms with Gasteiger partial charge in [0, 0.05) is 13.0 Å². The molecule has 2 nitrogen and oxygen atoms in total. The van der Waals surface area contributed by atoms with Crippen LogP contribution in [0.3, 0.4) is 0 Å². The van der Waals surface area contributed by atoms with Crippen molar-refractivity contribution in [2.75, 3.05) is 6.54 Å². The normalized spacial score (nSPS) is 15.3. The molecule has 0 aliphatic carbocycles. The van der Waals surface area contributed by atoms with Gasteiger partial charge in [-0.1, -0.05) is 27.2 Å². The third-order valence-corrected chi connectivity index (χ3v) is 1.67. The van der Waals surface area contributed by atoms with Crippen LogP contribution in [0.2, 0.25) is 0 Å². The minimum absolute atomic E-state index is 0.671. The highest BCUT2D eigenvalue weighted by atomic mass is 14.8. The SMILES string of the molecule is CCC(N)=NCC(C)CC. The number of amidine groups is 1. The Bertz CT molecular complexity index is 108. The molecule has 0 saturated heterocycles. The summed E-state index contributed by atoms with van der Waals surface area (Å²) in [5, 5.41) is 0. The van der Waals surface area contributed by atoms with Crippen LogP contribution in [0.25, 0.3) is 0 Å². The van der Waals surface area contributed by atoms with Crippen molar-refractivity contribution in [1.29, 1.82) is 0 Å². The van der Waals surface area contributed by atoms with Crippen molar-refractivity contribution in [1.82, 2.24) is 0 Å². The van der Waals surface area contributed by atoms with Crippen LogP contribution in [0.4, 0.5) is 0 Å². The van der Waals surface area contributed by atoms with Gasteiger partial charge >= 0.3 is 0 Å². The molecule has 0 aliphatic rings. The molecule has 60 valence electrons. The van der Waals surface area contributed by atoms with E-state index in [0.717, 1.165) is 18.8 Å². The molecule has 0 heterocycles. The largest absolute Gasteiger partial charge is 0.387 e. The lowest BCUT2D eigenvalue weighted by Crippen LogP contribution is -2.12. The van der Waals surface area contributed by atoms with Crippen molar-refractivity contribution in [3.63, 3.8) is 0 Å². The highest BCUT2D eigenvalue weighted by Gasteiger charge is 1.95. The molecule has 1 unspecified atom stereocenters. The first kappa shape index (κ1) is 9.47. The van der Waals surface area contributed by atoms with Crippen LogP contribution in [-0.4, -0.2) is 12.4 Å². The average molecular weight is 142 g/mol. The molecule has 0 bridgehead atoms. The van der Waals surface area contributed by atoms with Gasteiger partial charge in [-0.15, -0.1) is 0 Å². The molecular weight excluding hydrogens is 124 g/mol. The van der Waals surface area contributed by atoms with Gasteiger partial charge in [-0.3, -0.25) is 4.99 Å². The van der Waals surface area contributed by atoms with E-state index < -0.39 is 0 Å². The van der Waals surface area contributed by atoms with E-state index in [1.165, 1.54) is 6.42 Å². The van der Waals surface area contributed by atoms with Crippen LogP contribution in [-0.2, 0) is 0 Å². The number of hydrogen-bond donors (Lipinski definition) is 1. The van der Waals surface area contributed by atoms with E-state index in [2.05, 4.69) is 18.8 Å². The summed E-state index contributed by atoms with van der Waals surface area (Å²) in [5.74, 6) is 1.45. The molecule has 0 fully saturated rings. The highest BCUT2D eigenvalue weighted by molar-refractivity contribution is 5.79. The Labute approximate surface area is 63.5 Å². The van der Waals surface area contributed by atoms with Gasteiger partial charge in [0.15, 0.2) is 0 Å². The molecule has 1 atom stereocenters. The fourth-order valence-corrected chi connectivity index (χ4v) is 0.514. The smallest absolute Gasteiger partial charge is 0.0934 e. The maximum Gasteiger partial charge on any atom is 0.0934 e. The third-order valence-electron chi connectivity index (χ3n) is 1.67. The van der Waals surface area contributed by atoms with E-state index in [4.69, 9.17) is 5.73 Å². The average Bonchev–Trinajstić information content (AvgIpc) is 1.99. The molecule has 0 amide bonds. The Hall–Kier alpha value is -0.530. The Morgan fingerprint density at radius 3 is 2.50 bits per heavy atom. The summed E-state index contributed by atoms with van der Waals surface area (Å²) < 4.78 is 0. The maximum atomic E-state index is 5.53. The minimum atomic E-state index is 0.671. The molecule has 0 aromatic rings. The fraction of sp³-hybridized carbons (Fsp3) is 0.875. The fourth-order valence-electron chi connectivity index (χ4n) is 0.514. The predicted octanol–water partition coefficient (Wildman–Crippen LogP) is 1.80. The zero-order valence-corrected chi connectivity index (χ0v) is 7.22. The molecule has 0 spiro atoms. The Kier molecular flexibility index (Phi) is 4.99. The summed E-state index contributed by atoms with van der Waals surface area (Å²) >= 11 is 0. The number of aliphatic imine (C=N–C) groups is 1. The lowest BCUT2D eigenvalue weighted by molar-refractivity contribution is 0.576. The molecule has 0 aromatic heterocycles. The summed E-state index contributed by atoms with van der Waals surface area (Å²) in [4.78, 5) is 4.21. The molecule has 0 rings (SSSR count). The van der Waals surface area contributed by atoms with E-state index >= 15 is 0 Å². The molecule has 0 aliphatic heterocycles. The van der Waals surface area contributed by atoms with Gasteiger partial charge in [0.25, 0.3) is 0 Å². The molecule has 0 saturated carbocycles. The van der Waals surface area contributed by atoms with E-state index in [-0.39, 0.29) is 0 Å². The molecule has 0 aromatic carbocycles. The summed E-state index contributed by atoms with van der Waals surface area (Å²) in [5.41, 5.74) is 5.53. The second-order valence-corrected chi connectivity index (χ2v) is 2.70. The maximum absolute atomic E-state index is 5.53. The van der Waals surface area contributed by atoms with E-state index in [1.54, 1.807) is 0 Å². The van der Waals surface area contributed by atoms with Crippen LogP contribution in [0.1, 0.15) is 33.6 Å². The summed E-state index contributed by atoms with van der Waals surface area (Å²) in [6.07, 6.45) is 2.05. The minimum Gasteiger partial charge on any atom is -0.387 e. The molecule has 0 radical (unpaired) electrons. The molecular formula is C8H18N2. The van der Waals surface area contributed by atoms with Crippen LogP contribution in [0.5, 0.6) is 0 Å². The topological polar surface area (TPSA) is 38.4 Å². The van der Waals surface area contributed by atoms with Gasteiger partial charge in [0.1, 0.15) is 0 Å². The van der Waals surface area contributed by atoms with Crippen molar-refractivity contribution in [2.45, 2.75) is 33.6 Å². The first-order valence-corrected chi connectivity index (χ1v) is 3.99. The zero-order valence-electron chi connectivity index (χ0n) is 7.22. The van der Waals surface area contributed by atoms with Crippen LogP contribution in [0.15, 0.2) is 4.99 Å². The Morgan fingerprint density at radius 1 is 1.50 bits per heavy atom. The van der Waals surface area contributed by atoms with Gasteiger partial charge < -0.3 is 5.73 Å². The van der Waals surface area contributed by atoms with Crippen LogP contribution < -0.4 is 5.73 Å². The van der Waals surface area contributed by atoms with Gasteiger partial charge in [-0.25, -0.2) is 0 Å². The monoisotopic (exact) mass is 142 g/mol. The van der Waals surface area contributed by atoms with E-state index in [9.17, 15) is 0 Å². The number of nitrogens with two attached hydrogens (primary N) is 1. The quantitative estimate of drug-likeness (QED) is 0.471. The lowest BCUT2D eigenvalue weighted by atomic mass is 10.1. The van der Waals surface area contributed by atoms with Gasteiger partial charge in [-0.2, -0.15) is 0 Å². The summed E-state index contributed by atoms with van der Waals surface area (Å²) in [6.45, 7) is 7.26. The predicted molar refractivity (Wildman–Crippen MR) is 46.2 cm³/mol. The zero-order chi connectivity index (χ0) is 7.98. The Morgan fingerprint density at radius 2 is 2.10 bits per heavy atom. The number of rotatable bonds is 4. The molecule has 10 heavy (non-hydrogen) atoms.